The number of aliphatic hydroxyl groups excluding tert-OH is 4. The second-order valence-electron chi connectivity index (χ2n) is 2.67. The van der Waals surface area contributed by atoms with Gasteiger partial charge in [-0.05, 0) is 0 Å². The Hall–Kier alpha value is 0.530. The van der Waals surface area contributed by atoms with Crippen molar-refractivity contribution < 1.29 is 25.2 Å². The maximum atomic E-state index is 9.31. The number of rotatable bonds is 1. The van der Waals surface area contributed by atoms with Crippen LogP contribution in [-0.4, -0.2) is 55.6 Å². The van der Waals surface area contributed by atoms with Crippen LogP contribution in [0.5, 0.6) is 0 Å². The number of hydrogen-bond donors (Lipinski definition) is 4. The molecule has 0 aromatic heterocycles. The fourth-order valence-corrected chi connectivity index (χ4v) is 1.66. The Balaban J connectivity index is 2.63. The van der Waals surface area contributed by atoms with Gasteiger partial charge >= 0.3 is 0 Å². The minimum atomic E-state index is -1.14. The van der Waals surface area contributed by atoms with Crippen molar-refractivity contribution in [2.75, 3.05) is 6.61 Å². The molecular formula is C6H11IO5. The molecule has 6 heteroatoms. The Bertz CT molecular complexity index is 150. The Morgan fingerprint density at radius 1 is 1.17 bits per heavy atom. The molecule has 5 nitrogen and oxygen atoms in total. The molecule has 12 heavy (non-hydrogen) atoms. The van der Waals surface area contributed by atoms with Crippen molar-refractivity contribution in [2.45, 2.75) is 28.5 Å². The van der Waals surface area contributed by atoms with Crippen molar-refractivity contribution >= 4 is 22.6 Å². The van der Waals surface area contributed by atoms with E-state index >= 15 is 0 Å². The van der Waals surface area contributed by atoms with Gasteiger partial charge in [-0.2, -0.15) is 0 Å². The molecule has 0 aromatic carbocycles. The quantitative estimate of drug-likeness (QED) is 0.339. The van der Waals surface area contributed by atoms with Crippen LogP contribution in [0.3, 0.4) is 0 Å². The zero-order valence-electron chi connectivity index (χ0n) is 6.17. The van der Waals surface area contributed by atoms with Crippen LogP contribution in [0, 0.1) is 0 Å². The average Bonchev–Trinajstić information content (AvgIpc) is 2.08. The highest BCUT2D eigenvalue weighted by atomic mass is 127. The SMILES string of the molecule is OCC1OC(O)[C@@H](I)[C@@H](O)[C@H]1O. The summed E-state index contributed by atoms with van der Waals surface area (Å²) in [6.45, 7) is -0.418. The van der Waals surface area contributed by atoms with Gasteiger partial charge in [-0.25, -0.2) is 0 Å². The van der Waals surface area contributed by atoms with Gasteiger partial charge in [0, 0.05) is 0 Å². The minimum Gasteiger partial charge on any atom is -0.394 e. The predicted molar refractivity (Wildman–Crippen MR) is 47.8 cm³/mol. The van der Waals surface area contributed by atoms with Crippen molar-refractivity contribution in [3.63, 3.8) is 0 Å². The zero-order valence-corrected chi connectivity index (χ0v) is 8.33. The van der Waals surface area contributed by atoms with Crippen molar-refractivity contribution in [3.8, 4) is 0 Å². The maximum absolute atomic E-state index is 9.31. The molecule has 0 bridgehead atoms. The second kappa shape index (κ2) is 4.16. The molecule has 1 aliphatic heterocycles. The normalized spacial score (nSPS) is 49.2. The molecule has 1 saturated heterocycles. The summed E-state index contributed by atoms with van der Waals surface area (Å²) in [5, 5.41) is 36.4. The fourth-order valence-electron chi connectivity index (χ4n) is 1.06. The molecule has 5 atom stereocenters. The minimum absolute atomic E-state index is 0.418. The topological polar surface area (TPSA) is 90.2 Å². The third-order valence-corrected chi connectivity index (χ3v) is 3.18. The van der Waals surface area contributed by atoms with Gasteiger partial charge in [0.1, 0.15) is 12.2 Å². The van der Waals surface area contributed by atoms with Crippen LogP contribution in [0.2, 0.25) is 0 Å². The molecule has 4 N–H and O–H groups in total. The zero-order chi connectivity index (χ0) is 9.30. The van der Waals surface area contributed by atoms with Gasteiger partial charge in [-0.15, -0.1) is 0 Å². The van der Waals surface area contributed by atoms with Crippen molar-refractivity contribution in [3.05, 3.63) is 0 Å². The van der Waals surface area contributed by atoms with E-state index in [4.69, 9.17) is 14.9 Å². The van der Waals surface area contributed by atoms with Crippen LogP contribution >= 0.6 is 22.6 Å². The largest absolute Gasteiger partial charge is 0.394 e. The Morgan fingerprint density at radius 2 is 1.75 bits per heavy atom. The van der Waals surface area contributed by atoms with Gasteiger partial charge in [0.05, 0.1) is 16.6 Å². The number of ether oxygens (including phenoxy) is 1. The first kappa shape index (κ1) is 10.6. The second-order valence-corrected chi connectivity index (χ2v) is 4.11. The molecule has 0 aromatic rings. The van der Waals surface area contributed by atoms with E-state index in [1.54, 1.807) is 22.6 Å². The lowest BCUT2D eigenvalue weighted by Crippen LogP contribution is -2.56. The first-order valence-electron chi connectivity index (χ1n) is 3.52. The summed E-state index contributed by atoms with van der Waals surface area (Å²) in [5.74, 6) is 0. The molecule has 1 rings (SSSR count). The monoisotopic (exact) mass is 290 g/mol. The van der Waals surface area contributed by atoms with Crippen molar-refractivity contribution in [2.24, 2.45) is 0 Å². The molecule has 0 spiro atoms. The average molecular weight is 290 g/mol. The molecule has 72 valence electrons. The molecular weight excluding hydrogens is 279 g/mol. The molecule has 0 saturated carbocycles. The highest BCUT2D eigenvalue weighted by molar-refractivity contribution is 14.1. The third-order valence-electron chi connectivity index (χ3n) is 1.82. The molecule has 0 radical (unpaired) electrons. The summed E-state index contributed by atoms with van der Waals surface area (Å²) in [5.41, 5.74) is 0. The lowest BCUT2D eigenvalue weighted by molar-refractivity contribution is -0.231. The summed E-state index contributed by atoms with van der Waals surface area (Å²) < 4.78 is 4.25. The molecule has 1 aliphatic rings. The predicted octanol–water partition coefficient (Wildman–Crippen LogP) is -1.78. The van der Waals surface area contributed by atoms with Crippen LogP contribution in [0.4, 0.5) is 0 Å². The Kier molecular flexibility index (Phi) is 3.68. The number of halogens is 1. The first-order valence-corrected chi connectivity index (χ1v) is 4.77. The van der Waals surface area contributed by atoms with E-state index in [9.17, 15) is 10.2 Å². The smallest absolute Gasteiger partial charge is 0.169 e. The molecule has 1 fully saturated rings. The Morgan fingerprint density at radius 3 is 2.25 bits per heavy atom. The van der Waals surface area contributed by atoms with Crippen LogP contribution in [0.25, 0.3) is 0 Å². The van der Waals surface area contributed by atoms with Crippen molar-refractivity contribution in [1.29, 1.82) is 0 Å². The number of alkyl halides is 1. The van der Waals surface area contributed by atoms with E-state index in [1.165, 1.54) is 0 Å². The third kappa shape index (κ3) is 1.88. The molecule has 0 amide bonds. The lowest BCUT2D eigenvalue weighted by atomic mass is 10.0. The van der Waals surface area contributed by atoms with E-state index in [0.717, 1.165) is 0 Å². The van der Waals surface area contributed by atoms with E-state index < -0.39 is 35.1 Å². The van der Waals surface area contributed by atoms with E-state index in [0.29, 0.717) is 0 Å². The van der Waals surface area contributed by atoms with Crippen LogP contribution in [0.1, 0.15) is 0 Å². The van der Waals surface area contributed by atoms with Gasteiger partial charge in [0.2, 0.25) is 0 Å². The van der Waals surface area contributed by atoms with Gasteiger partial charge in [0.25, 0.3) is 0 Å². The molecule has 2 unspecified atom stereocenters. The van der Waals surface area contributed by atoms with E-state index in [-0.39, 0.29) is 0 Å². The highest BCUT2D eigenvalue weighted by Gasteiger charge is 2.41. The molecule has 1 heterocycles. The van der Waals surface area contributed by atoms with Gasteiger partial charge in [0.15, 0.2) is 6.29 Å². The summed E-state index contributed by atoms with van der Waals surface area (Å²) in [6.07, 6.45) is -4.24. The molecule has 0 aliphatic carbocycles. The fraction of sp³-hybridized carbons (Fsp3) is 1.00. The van der Waals surface area contributed by atoms with Crippen LogP contribution < -0.4 is 0 Å². The van der Waals surface area contributed by atoms with Crippen LogP contribution in [-0.2, 0) is 4.74 Å². The summed E-state index contributed by atoms with van der Waals surface area (Å²) in [7, 11) is 0. The van der Waals surface area contributed by atoms with E-state index in [1.807, 2.05) is 0 Å². The van der Waals surface area contributed by atoms with Gasteiger partial charge in [-0.1, -0.05) is 22.6 Å². The van der Waals surface area contributed by atoms with Gasteiger partial charge in [-0.3, -0.25) is 0 Å². The summed E-state index contributed by atoms with van der Waals surface area (Å²) in [4.78, 5) is 0. The highest BCUT2D eigenvalue weighted by Crippen LogP contribution is 2.24. The van der Waals surface area contributed by atoms with Crippen molar-refractivity contribution in [1.82, 2.24) is 0 Å². The van der Waals surface area contributed by atoms with E-state index in [2.05, 4.69) is 0 Å². The van der Waals surface area contributed by atoms with Crippen LogP contribution in [0.15, 0.2) is 0 Å². The summed E-state index contributed by atoms with van der Waals surface area (Å²) >= 11 is 1.78. The van der Waals surface area contributed by atoms with Gasteiger partial charge < -0.3 is 25.2 Å². The Labute approximate surface area is 83.1 Å². The number of hydrogen-bond acceptors (Lipinski definition) is 5. The first-order chi connectivity index (χ1) is 5.57. The number of aliphatic hydroxyl groups is 4. The lowest BCUT2D eigenvalue weighted by Gasteiger charge is -2.37. The standard InChI is InChI=1S/C6H11IO5/c7-3-5(10)4(9)2(1-8)12-6(3)11/h2-6,8-11H,1H2/t2?,3-,4-,5+,6?/m0/s1. The maximum Gasteiger partial charge on any atom is 0.169 e. The summed E-state index contributed by atoms with van der Waals surface area (Å²) in [6, 6.07) is 0.